The summed E-state index contributed by atoms with van der Waals surface area (Å²) < 4.78 is 65.5. The summed E-state index contributed by atoms with van der Waals surface area (Å²) in [6.45, 7) is 9.58. The highest BCUT2D eigenvalue weighted by molar-refractivity contribution is 5.27. The van der Waals surface area contributed by atoms with E-state index in [1.54, 1.807) is 35.2 Å². The Hall–Kier alpha value is -1.58. The van der Waals surface area contributed by atoms with Crippen LogP contribution >= 0.6 is 0 Å². The van der Waals surface area contributed by atoms with Gasteiger partial charge < -0.3 is 77.6 Å². The van der Waals surface area contributed by atoms with Gasteiger partial charge in [-0.05, 0) is 89.3 Å². The van der Waals surface area contributed by atoms with Gasteiger partial charge in [0.2, 0.25) is 6.29 Å². The molecule has 0 saturated carbocycles. The summed E-state index contributed by atoms with van der Waals surface area (Å²) in [6.07, 6.45) is 10.0. The fourth-order valence-corrected chi connectivity index (χ4v) is 11.1. The van der Waals surface area contributed by atoms with Crippen LogP contribution < -0.4 is 4.74 Å². The van der Waals surface area contributed by atoms with Gasteiger partial charge in [0.05, 0.1) is 36.6 Å². The van der Waals surface area contributed by atoms with Gasteiger partial charge in [0.25, 0.3) is 0 Å². The Balaban J connectivity index is 1.06. The molecule has 3 fully saturated rings. The third kappa shape index (κ3) is 20.6. The fourth-order valence-electron chi connectivity index (χ4n) is 11.1. The van der Waals surface area contributed by atoms with Crippen LogP contribution in [-0.2, 0) is 53.8 Å². The van der Waals surface area contributed by atoms with Gasteiger partial charge in [0.15, 0.2) is 12.6 Å². The van der Waals surface area contributed by atoms with Crippen molar-refractivity contribution in [2.45, 2.75) is 286 Å². The molecule has 5 N–H and O–H groups in total. The van der Waals surface area contributed by atoms with E-state index in [1.807, 2.05) is 19.1 Å². The molecule has 3 aliphatic rings. The van der Waals surface area contributed by atoms with E-state index in [4.69, 9.17) is 52.1 Å². The molecule has 3 heterocycles. The summed E-state index contributed by atoms with van der Waals surface area (Å²) >= 11 is 0. The molecule has 0 radical (unpaired) electrons. The van der Waals surface area contributed by atoms with Crippen molar-refractivity contribution < 1.29 is 77.6 Å². The number of aliphatic hydroxyl groups excluding tert-OH is 5. The van der Waals surface area contributed by atoms with Crippen LogP contribution in [0.2, 0.25) is 0 Å². The van der Waals surface area contributed by atoms with Crippen LogP contribution in [0.1, 0.15) is 175 Å². The number of aryl methyl sites for hydroxylation is 1. The second kappa shape index (κ2) is 35.0. The van der Waals surface area contributed by atoms with Gasteiger partial charge in [0.1, 0.15) is 60.7 Å². The maximum Gasteiger partial charge on any atom is 0.229 e. The van der Waals surface area contributed by atoms with Crippen molar-refractivity contribution in [1.82, 2.24) is 0 Å². The highest BCUT2D eigenvalue weighted by Gasteiger charge is 2.54. The molecule has 3 aliphatic heterocycles. The molecule has 0 aliphatic carbocycles. The Bertz CT molecular complexity index is 1540. The zero-order valence-corrected chi connectivity index (χ0v) is 46.6. The molecule has 0 spiro atoms. The molecule has 0 bridgehead atoms. The Morgan fingerprint density at radius 3 is 1.44 bits per heavy atom. The Labute approximate surface area is 439 Å². The number of ether oxygens (including phenoxy) is 11. The van der Waals surface area contributed by atoms with E-state index in [-0.39, 0.29) is 0 Å². The van der Waals surface area contributed by atoms with Crippen molar-refractivity contribution in [2.75, 3.05) is 35.5 Å². The minimum atomic E-state index is -1.51. The quantitative estimate of drug-likeness (QED) is 0.0398. The number of unbranched alkanes of at least 4 members (excludes halogenated alkanes) is 14. The molecule has 426 valence electrons. The summed E-state index contributed by atoms with van der Waals surface area (Å²) in [5, 5.41) is 55.0. The van der Waals surface area contributed by atoms with Crippen molar-refractivity contribution in [1.29, 1.82) is 0 Å². The van der Waals surface area contributed by atoms with E-state index in [9.17, 15) is 25.5 Å². The number of hydrogen-bond acceptors (Lipinski definition) is 16. The third-order valence-electron chi connectivity index (χ3n) is 15.7. The van der Waals surface area contributed by atoms with E-state index < -0.39 is 104 Å². The number of aliphatic hydroxyl groups is 5. The topological polar surface area (TPSA) is 203 Å². The lowest BCUT2D eigenvalue weighted by Crippen LogP contribution is -2.66. The molecular formula is C57H102O16. The molecule has 4 rings (SSSR count). The summed E-state index contributed by atoms with van der Waals surface area (Å²) in [5.74, 6) is 1.12. The SMILES string of the molecule is CC[C@@H](OC)[C@@H](C)CCCC[C@@H](O)C[C@H](O)CCCCCCCCCCCCCCCCc1ccc(O[C@@H]2O[C@@H](C)[C@H](O)[C@@H](O[C@@H]3O[C@@H](C)[C@H](O)[C@@H](O[C@@H]4O[C@@H](C)[C@@H](OC)[C@@H](OC)[C@@H]4OC)[C@H]3O)[C@H]2OC)cc1. The van der Waals surface area contributed by atoms with Crippen molar-refractivity contribution in [2.24, 2.45) is 5.92 Å². The van der Waals surface area contributed by atoms with Crippen molar-refractivity contribution in [3.8, 4) is 5.75 Å². The van der Waals surface area contributed by atoms with Crippen LogP contribution in [0.15, 0.2) is 24.3 Å². The molecule has 1 aromatic rings. The summed E-state index contributed by atoms with van der Waals surface area (Å²) in [7, 11) is 7.86. The van der Waals surface area contributed by atoms with Crippen LogP contribution in [0, 0.1) is 5.92 Å². The Kier molecular flexibility index (Phi) is 30.7. The number of benzene rings is 1. The van der Waals surface area contributed by atoms with Crippen LogP contribution in [-0.4, -0.2) is 172 Å². The Morgan fingerprint density at radius 2 is 0.918 bits per heavy atom. The molecule has 1 aromatic carbocycles. The molecule has 0 aromatic heterocycles. The maximum atomic E-state index is 11.6. The molecule has 3 saturated heterocycles. The molecule has 0 unspecified atom stereocenters. The van der Waals surface area contributed by atoms with Gasteiger partial charge >= 0.3 is 0 Å². The van der Waals surface area contributed by atoms with Gasteiger partial charge in [-0.3, -0.25) is 0 Å². The average molecular weight is 1040 g/mol. The first-order valence-corrected chi connectivity index (χ1v) is 28.3. The van der Waals surface area contributed by atoms with E-state index in [0.29, 0.717) is 24.2 Å². The van der Waals surface area contributed by atoms with E-state index in [1.165, 1.54) is 90.4 Å². The summed E-state index contributed by atoms with van der Waals surface area (Å²) in [5.41, 5.74) is 1.23. The molecule has 16 heteroatoms. The molecule has 16 nitrogen and oxygen atoms in total. The normalized spacial score (nSPS) is 32.6. The standard InChI is InChI=1S/C57H102O16/c1-11-45(63-6)37(2)28-26-27-31-43(59)36-42(58)30-25-23-21-19-17-15-13-12-14-16-18-20-22-24-29-41-32-34-44(35-33-41)71-56-53(66-9)51(47(61)39(4)69-56)73-55-48(62)50(46(60)38(3)68-55)72-57-54(67-10)52(65-8)49(64-7)40(5)70-57/h32-35,37-40,42-43,45-62H,11-31,36H2,1-10H3/t37-,38-,39-,40-,42+,43+,45+,46-,47-,48+,49+,50+,51+,52+,53+,54-,55-,56-,57-/m0/s1. The van der Waals surface area contributed by atoms with E-state index in [0.717, 1.165) is 64.2 Å². The van der Waals surface area contributed by atoms with Crippen LogP contribution in [0.3, 0.4) is 0 Å². The van der Waals surface area contributed by atoms with Crippen molar-refractivity contribution in [3.05, 3.63) is 29.8 Å². The largest absolute Gasteiger partial charge is 0.462 e. The smallest absolute Gasteiger partial charge is 0.229 e. The monoisotopic (exact) mass is 1040 g/mol. The molecule has 73 heavy (non-hydrogen) atoms. The van der Waals surface area contributed by atoms with Crippen LogP contribution in [0.4, 0.5) is 0 Å². The second-order valence-electron chi connectivity index (χ2n) is 21.3. The van der Waals surface area contributed by atoms with Crippen molar-refractivity contribution in [3.63, 3.8) is 0 Å². The highest BCUT2D eigenvalue weighted by Crippen LogP contribution is 2.35. The van der Waals surface area contributed by atoms with Gasteiger partial charge in [-0.15, -0.1) is 0 Å². The zero-order valence-electron chi connectivity index (χ0n) is 46.6. The summed E-state index contributed by atoms with van der Waals surface area (Å²) in [6, 6.07) is 7.96. The average Bonchev–Trinajstić information content (AvgIpc) is 3.37. The lowest BCUT2D eigenvalue weighted by atomic mass is 9.94. The minimum Gasteiger partial charge on any atom is -0.462 e. The van der Waals surface area contributed by atoms with Gasteiger partial charge in [-0.1, -0.05) is 122 Å². The first-order chi connectivity index (χ1) is 35.2. The number of hydrogen-bond donors (Lipinski definition) is 5. The van der Waals surface area contributed by atoms with Crippen LogP contribution in [0.25, 0.3) is 0 Å². The predicted molar refractivity (Wildman–Crippen MR) is 279 cm³/mol. The van der Waals surface area contributed by atoms with Gasteiger partial charge in [0, 0.05) is 35.5 Å². The fraction of sp³-hybridized carbons (Fsp3) is 0.895. The van der Waals surface area contributed by atoms with Gasteiger partial charge in [-0.2, -0.15) is 0 Å². The summed E-state index contributed by atoms with van der Waals surface area (Å²) in [4.78, 5) is 0. The first-order valence-electron chi connectivity index (χ1n) is 28.3. The van der Waals surface area contributed by atoms with Gasteiger partial charge in [-0.25, -0.2) is 0 Å². The maximum absolute atomic E-state index is 11.6. The van der Waals surface area contributed by atoms with Crippen molar-refractivity contribution >= 4 is 0 Å². The van der Waals surface area contributed by atoms with E-state index >= 15 is 0 Å². The second-order valence-corrected chi connectivity index (χ2v) is 21.3. The zero-order chi connectivity index (χ0) is 53.3. The predicted octanol–water partition coefficient (Wildman–Crippen LogP) is 8.34. The Morgan fingerprint density at radius 1 is 0.479 bits per heavy atom. The lowest BCUT2D eigenvalue weighted by molar-refractivity contribution is -0.375. The minimum absolute atomic E-state index is 0.320. The number of rotatable bonds is 37. The van der Waals surface area contributed by atoms with E-state index in [2.05, 4.69) is 26.0 Å². The highest BCUT2D eigenvalue weighted by atomic mass is 16.8. The molecular weight excluding hydrogens is 941 g/mol. The molecule has 19 atom stereocenters. The number of methoxy groups -OCH3 is 5. The third-order valence-corrected chi connectivity index (χ3v) is 15.7. The first kappa shape index (κ1) is 63.9. The van der Waals surface area contributed by atoms with Crippen LogP contribution in [0.5, 0.6) is 5.75 Å². The lowest BCUT2D eigenvalue weighted by Gasteiger charge is -2.49. The molecule has 0 amide bonds.